The fraction of sp³-hybridized carbons (Fsp3) is 0.222. The first-order valence-corrected chi connectivity index (χ1v) is 8.23. The standard InChI is InChI=1S/C18H18BrNO4/c1-11(2)10-24-16-7-6-13(19)9-15(16)17(21)20-14-5-3-4-12(8-14)18(22)23/h3-9,11H,10H2,1-2H3,(H,20,21)(H,22,23). The molecule has 0 aliphatic rings. The summed E-state index contributed by atoms with van der Waals surface area (Å²) in [5.74, 6) is -0.595. The highest BCUT2D eigenvalue weighted by atomic mass is 79.9. The molecule has 0 heterocycles. The highest BCUT2D eigenvalue weighted by Crippen LogP contribution is 2.25. The first-order chi connectivity index (χ1) is 11.4. The van der Waals surface area contributed by atoms with Crippen LogP contribution in [0.25, 0.3) is 0 Å². The minimum atomic E-state index is -1.05. The maximum Gasteiger partial charge on any atom is 0.335 e. The second-order valence-corrected chi connectivity index (χ2v) is 6.60. The van der Waals surface area contributed by atoms with Crippen LogP contribution in [0, 0.1) is 5.92 Å². The van der Waals surface area contributed by atoms with Gasteiger partial charge in [-0.3, -0.25) is 4.79 Å². The highest BCUT2D eigenvalue weighted by molar-refractivity contribution is 9.10. The van der Waals surface area contributed by atoms with Crippen molar-refractivity contribution in [1.29, 1.82) is 0 Å². The minimum Gasteiger partial charge on any atom is -0.492 e. The molecule has 0 saturated carbocycles. The Labute approximate surface area is 148 Å². The zero-order chi connectivity index (χ0) is 17.7. The van der Waals surface area contributed by atoms with Crippen molar-refractivity contribution < 1.29 is 19.4 Å². The van der Waals surface area contributed by atoms with Crippen molar-refractivity contribution in [1.82, 2.24) is 0 Å². The Bertz CT molecular complexity index is 758. The van der Waals surface area contributed by atoms with Crippen LogP contribution in [-0.4, -0.2) is 23.6 Å². The highest BCUT2D eigenvalue weighted by Gasteiger charge is 2.15. The molecule has 0 aromatic heterocycles. The van der Waals surface area contributed by atoms with Crippen LogP contribution < -0.4 is 10.1 Å². The van der Waals surface area contributed by atoms with Gasteiger partial charge in [-0.1, -0.05) is 35.8 Å². The van der Waals surface area contributed by atoms with Gasteiger partial charge in [-0.15, -0.1) is 0 Å². The molecule has 1 amide bonds. The average molecular weight is 392 g/mol. The zero-order valence-electron chi connectivity index (χ0n) is 13.4. The number of anilines is 1. The van der Waals surface area contributed by atoms with Crippen LogP contribution in [0.2, 0.25) is 0 Å². The Morgan fingerprint density at radius 1 is 1.21 bits per heavy atom. The summed E-state index contributed by atoms with van der Waals surface area (Å²) in [5.41, 5.74) is 0.902. The molecule has 2 rings (SSSR count). The van der Waals surface area contributed by atoms with Gasteiger partial charge in [0.1, 0.15) is 5.75 Å². The monoisotopic (exact) mass is 391 g/mol. The Balaban J connectivity index is 2.24. The van der Waals surface area contributed by atoms with E-state index in [1.807, 2.05) is 13.8 Å². The largest absolute Gasteiger partial charge is 0.492 e. The van der Waals surface area contributed by atoms with Crippen LogP contribution in [0.1, 0.15) is 34.6 Å². The number of carboxylic acid groups (broad SMARTS) is 1. The molecule has 0 unspecified atom stereocenters. The van der Waals surface area contributed by atoms with Crippen LogP contribution in [0.15, 0.2) is 46.9 Å². The van der Waals surface area contributed by atoms with Gasteiger partial charge in [0.05, 0.1) is 17.7 Å². The SMILES string of the molecule is CC(C)COc1ccc(Br)cc1C(=O)Nc1cccc(C(=O)O)c1. The van der Waals surface area contributed by atoms with E-state index < -0.39 is 5.97 Å². The fourth-order valence-corrected chi connectivity index (χ4v) is 2.35. The summed E-state index contributed by atoms with van der Waals surface area (Å²) in [5, 5.41) is 11.7. The van der Waals surface area contributed by atoms with Gasteiger partial charge in [0, 0.05) is 10.2 Å². The third-order valence-electron chi connectivity index (χ3n) is 3.13. The summed E-state index contributed by atoms with van der Waals surface area (Å²) in [7, 11) is 0. The maximum absolute atomic E-state index is 12.6. The van der Waals surface area contributed by atoms with Gasteiger partial charge in [0.25, 0.3) is 5.91 Å². The van der Waals surface area contributed by atoms with E-state index in [0.29, 0.717) is 29.5 Å². The number of nitrogens with one attached hydrogen (secondary N) is 1. The van der Waals surface area contributed by atoms with Crippen LogP contribution >= 0.6 is 15.9 Å². The third kappa shape index (κ3) is 4.83. The predicted octanol–water partition coefficient (Wildman–Crippen LogP) is 4.43. The summed E-state index contributed by atoms with van der Waals surface area (Å²) in [6.07, 6.45) is 0. The van der Waals surface area contributed by atoms with Gasteiger partial charge in [-0.25, -0.2) is 4.79 Å². The van der Waals surface area contributed by atoms with Crippen LogP contribution in [0.5, 0.6) is 5.75 Å². The number of rotatable bonds is 6. The van der Waals surface area contributed by atoms with Gasteiger partial charge < -0.3 is 15.2 Å². The lowest BCUT2D eigenvalue weighted by molar-refractivity contribution is 0.0696. The number of hydrogen-bond acceptors (Lipinski definition) is 3. The van der Waals surface area contributed by atoms with E-state index in [1.54, 1.807) is 30.3 Å². The molecule has 5 nitrogen and oxygen atoms in total. The van der Waals surface area contributed by atoms with Crippen LogP contribution in [0.3, 0.4) is 0 Å². The molecule has 24 heavy (non-hydrogen) atoms. The molecular weight excluding hydrogens is 374 g/mol. The lowest BCUT2D eigenvalue weighted by Crippen LogP contribution is -2.15. The van der Waals surface area contributed by atoms with E-state index in [4.69, 9.17) is 9.84 Å². The average Bonchev–Trinajstić information content (AvgIpc) is 2.53. The molecular formula is C18H18BrNO4. The van der Waals surface area contributed by atoms with E-state index in [-0.39, 0.29) is 11.5 Å². The molecule has 126 valence electrons. The lowest BCUT2D eigenvalue weighted by atomic mass is 10.1. The molecule has 0 aliphatic heterocycles. The van der Waals surface area contributed by atoms with Crippen molar-refractivity contribution in [2.24, 2.45) is 5.92 Å². The molecule has 2 N–H and O–H groups in total. The lowest BCUT2D eigenvalue weighted by Gasteiger charge is -2.14. The van der Waals surface area contributed by atoms with Crippen molar-refractivity contribution >= 4 is 33.5 Å². The molecule has 2 aromatic rings. The predicted molar refractivity (Wildman–Crippen MR) is 95.8 cm³/mol. The Morgan fingerprint density at radius 3 is 2.62 bits per heavy atom. The summed E-state index contributed by atoms with van der Waals surface area (Å²) < 4.78 is 6.45. The zero-order valence-corrected chi connectivity index (χ0v) is 15.0. The first-order valence-electron chi connectivity index (χ1n) is 7.44. The van der Waals surface area contributed by atoms with E-state index in [2.05, 4.69) is 21.2 Å². The molecule has 0 fully saturated rings. The molecule has 0 radical (unpaired) electrons. The number of aromatic carboxylic acids is 1. The summed E-state index contributed by atoms with van der Waals surface area (Å²) in [6.45, 7) is 4.54. The van der Waals surface area contributed by atoms with Gasteiger partial charge in [-0.2, -0.15) is 0 Å². The van der Waals surface area contributed by atoms with E-state index in [9.17, 15) is 9.59 Å². The van der Waals surface area contributed by atoms with Gasteiger partial charge >= 0.3 is 5.97 Å². The third-order valence-corrected chi connectivity index (χ3v) is 3.62. The second kappa shape index (κ2) is 7.97. The van der Waals surface area contributed by atoms with Crippen molar-refractivity contribution in [3.05, 3.63) is 58.1 Å². The smallest absolute Gasteiger partial charge is 0.335 e. The van der Waals surface area contributed by atoms with Crippen molar-refractivity contribution in [2.45, 2.75) is 13.8 Å². The van der Waals surface area contributed by atoms with Gasteiger partial charge in [-0.05, 0) is 42.3 Å². The number of ether oxygens (including phenoxy) is 1. The molecule has 6 heteroatoms. The van der Waals surface area contributed by atoms with E-state index in [1.165, 1.54) is 12.1 Å². The van der Waals surface area contributed by atoms with Crippen molar-refractivity contribution in [3.8, 4) is 5.75 Å². The second-order valence-electron chi connectivity index (χ2n) is 5.69. The molecule has 0 bridgehead atoms. The Morgan fingerprint density at radius 2 is 1.96 bits per heavy atom. The molecule has 0 aliphatic carbocycles. The molecule has 0 atom stereocenters. The van der Waals surface area contributed by atoms with Crippen molar-refractivity contribution in [2.75, 3.05) is 11.9 Å². The number of halogens is 1. The Hall–Kier alpha value is -2.34. The van der Waals surface area contributed by atoms with Gasteiger partial charge in [0.2, 0.25) is 0 Å². The summed E-state index contributed by atoms with van der Waals surface area (Å²) in [6, 6.07) is 11.3. The van der Waals surface area contributed by atoms with Gasteiger partial charge in [0.15, 0.2) is 0 Å². The van der Waals surface area contributed by atoms with Crippen LogP contribution in [-0.2, 0) is 0 Å². The molecule has 0 spiro atoms. The number of carboxylic acids is 1. The number of carbonyl (C=O) groups is 2. The fourth-order valence-electron chi connectivity index (χ4n) is 1.99. The van der Waals surface area contributed by atoms with Crippen LogP contribution in [0.4, 0.5) is 5.69 Å². The minimum absolute atomic E-state index is 0.110. The van der Waals surface area contributed by atoms with Crippen molar-refractivity contribution in [3.63, 3.8) is 0 Å². The number of carbonyl (C=O) groups excluding carboxylic acids is 1. The number of benzene rings is 2. The first kappa shape index (κ1) is 18.0. The summed E-state index contributed by atoms with van der Waals surface area (Å²) in [4.78, 5) is 23.6. The number of amides is 1. The quantitative estimate of drug-likeness (QED) is 0.763. The molecule has 2 aromatic carbocycles. The molecule has 0 saturated heterocycles. The normalized spacial score (nSPS) is 10.5. The number of hydrogen-bond donors (Lipinski definition) is 2. The maximum atomic E-state index is 12.6. The Kier molecular flexibility index (Phi) is 5.98. The summed E-state index contributed by atoms with van der Waals surface area (Å²) >= 11 is 3.35. The van der Waals surface area contributed by atoms with E-state index >= 15 is 0 Å². The van der Waals surface area contributed by atoms with E-state index in [0.717, 1.165) is 4.47 Å². The topological polar surface area (TPSA) is 75.6 Å².